The van der Waals surface area contributed by atoms with Crippen molar-refractivity contribution in [3.8, 4) is 5.75 Å². The molecule has 1 atom stereocenters. The van der Waals surface area contributed by atoms with E-state index in [1.165, 1.54) is 6.07 Å². The highest BCUT2D eigenvalue weighted by atomic mass is 79.9. The van der Waals surface area contributed by atoms with E-state index in [9.17, 15) is 5.11 Å². The zero-order valence-corrected chi connectivity index (χ0v) is 7.67. The molecule has 1 rings (SSSR count). The number of phenols is 1. The first-order valence-corrected chi connectivity index (χ1v) is 4.07. The Bertz CT molecular complexity index is 258. The average molecular weight is 217 g/mol. The maximum absolute atomic E-state index is 9.19. The van der Waals surface area contributed by atoms with Crippen molar-refractivity contribution in [3.63, 3.8) is 0 Å². The van der Waals surface area contributed by atoms with Gasteiger partial charge in [0.05, 0.1) is 6.10 Å². The van der Waals surface area contributed by atoms with Crippen molar-refractivity contribution in [2.24, 2.45) is 0 Å². The van der Waals surface area contributed by atoms with Crippen LogP contribution in [0.1, 0.15) is 18.6 Å². The average Bonchev–Trinajstić information content (AvgIpc) is 1.94. The van der Waals surface area contributed by atoms with Crippen molar-refractivity contribution in [2.45, 2.75) is 13.0 Å². The summed E-state index contributed by atoms with van der Waals surface area (Å²) in [6.45, 7) is 1.65. The number of hydrogen-bond donors (Lipinski definition) is 2. The van der Waals surface area contributed by atoms with Crippen LogP contribution in [0.2, 0.25) is 0 Å². The molecular formula is C8H9BrO2. The molecule has 0 saturated heterocycles. The fraction of sp³-hybridized carbons (Fsp3) is 0.250. The van der Waals surface area contributed by atoms with Crippen LogP contribution in [0, 0.1) is 0 Å². The molecule has 0 unspecified atom stereocenters. The number of benzene rings is 1. The van der Waals surface area contributed by atoms with E-state index in [1.807, 2.05) is 0 Å². The van der Waals surface area contributed by atoms with Crippen molar-refractivity contribution in [3.05, 3.63) is 28.2 Å². The monoisotopic (exact) mass is 216 g/mol. The second-order valence-corrected chi connectivity index (χ2v) is 3.24. The Labute approximate surface area is 73.6 Å². The Morgan fingerprint density at radius 3 is 2.55 bits per heavy atom. The van der Waals surface area contributed by atoms with Crippen molar-refractivity contribution in [1.82, 2.24) is 0 Å². The maximum atomic E-state index is 9.19. The third-order valence-electron chi connectivity index (χ3n) is 1.43. The topological polar surface area (TPSA) is 40.5 Å². The van der Waals surface area contributed by atoms with Gasteiger partial charge in [-0.05, 0) is 30.7 Å². The summed E-state index contributed by atoms with van der Waals surface area (Å²) in [5.41, 5.74) is 0.699. The number of halogens is 1. The number of rotatable bonds is 1. The van der Waals surface area contributed by atoms with Gasteiger partial charge in [-0.25, -0.2) is 0 Å². The van der Waals surface area contributed by atoms with Crippen LogP contribution in [-0.2, 0) is 0 Å². The Kier molecular flexibility index (Phi) is 2.52. The molecule has 2 N–H and O–H groups in total. The Balaban J connectivity index is 3.13. The summed E-state index contributed by atoms with van der Waals surface area (Å²) >= 11 is 3.26. The van der Waals surface area contributed by atoms with Gasteiger partial charge in [0, 0.05) is 4.47 Å². The van der Waals surface area contributed by atoms with Crippen molar-refractivity contribution >= 4 is 15.9 Å². The summed E-state index contributed by atoms with van der Waals surface area (Å²) in [4.78, 5) is 0. The molecule has 3 heteroatoms. The van der Waals surface area contributed by atoms with Crippen molar-refractivity contribution < 1.29 is 10.2 Å². The second-order valence-electron chi connectivity index (χ2n) is 2.38. The van der Waals surface area contributed by atoms with Gasteiger partial charge in [0.25, 0.3) is 0 Å². The lowest BCUT2D eigenvalue weighted by Crippen LogP contribution is -1.91. The third kappa shape index (κ3) is 1.94. The number of aliphatic hydroxyl groups is 1. The number of aromatic hydroxyl groups is 1. The van der Waals surface area contributed by atoms with Gasteiger partial charge >= 0.3 is 0 Å². The van der Waals surface area contributed by atoms with Gasteiger partial charge in [0.15, 0.2) is 0 Å². The van der Waals surface area contributed by atoms with Crippen LogP contribution in [-0.4, -0.2) is 10.2 Å². The van der Waals surface area contributed by atoms with E-state index in [1.54, 1.807) is 19.1 Å². The van der Waals surface area contributed by atoms with Crippen LogP contribution in [0.4, 0.5) is 0 Å². The predicted molar refractivity (Wildman–Crippen MR) is 46.4 cm³/mol. The summed E-state index contributed by atoms with van der Waals surface area (Å²) in [6.07, 6.45) is -0.559. The predicted octanol–water partition coefficient (Wildman–Crippen LogP) is 2.21. The minimum Gasteiger partial charge on any atom is -0.508 e. The number of aliphatic hydroxyl groups excluding tert-OH is 1. The molecule has 0 aromatic heterocycles. The van der Waals surface area contributed by atoms with E-state index in [-0.39, 0.29) is 5.75 Å². The largest absolute Gasteiger partial charge is 0.508 e. The smallest absolute Gasteiger partial charge is 0.116 e. The van der Waals surface area contributed by atoms with Gasteiger partial charge in [-0.15, -0.1) is 0 Å². The van der Waals surface area contributed by atoms with Crippen molar-refractivity contribution in [1.29, 1.82) is 0 Å². The SMILES string of the molecule is C[C@H](O)c1cc(O)ccc1Br. The van der Waals surface area contributed by atoms with Crippen LogP contribution in [0.5, 0.6) is 5.75 Å². The molecular weight excluding hydrogens is 208 g/mol. The fourth-order valence-corrected chi connectivity index (χ4v) is 1.43. The summed E-state index contributed by atoms with van der Waals surface area (Å²) in [5, 5.41) is 18.2. The van der Waals surface area contributed by atoms with E-state index in [0.717, 1.165) is 4.47 Å². The second kappa shape index (κ2) is 3.24. The van der Waals surface area contributed by atoms with Gasteiger partial charge in [0.1, 0.15) is 5.75 Å². The van der Waals surface area contributed by atoms with Crippen molar-refractivity contribution in [2.75, 3.05) is 0 Å². The summed E-state index contributed by atoms with van der Waals surface area (Å²) < 4.78 is 0.810. The molecule has 60 valence electrons. The molecule has 1 aromatic carbocycles. The minimum absolute atomic E-state index is 0.170. The van der Waals surface area contributed by atoms with Gasteiger partial charge in [-0.2, -0.15) is 0 Å². The minimum atomic E-state index is -0.559. The standard InChI is InChI=1S/C8H9BrO2/c1-5(10)7-4-6(11)2-3-8(7)9/h2-5,10-11H,1H3/t5-/m0/s1. The summed E-state index contributed by atoms with van der Waals surface area (Å²) in [7, 11) is 0. The zero-order chi connectivity index (χ0) is 8.43. The Morgan fingerprint density at radius 1 is 1.45 bits per heavy atom. The maximum Gasteiger partial charge on any atom is 0.116 e. The molecule has 1 aromatic rings. The summed E-state index contributed by atoms with van der Waals surface area (Å²) in [5.74, 6) is 0.170. The Hall–Kier alpha value is -0.540. The van der Waals surface area contributed by atoms with E-state index in [2.05, 4.69) is 15.9 Å². The lowest BCUT2D eigenvalue weighted by atomic mass is 10.1. The van der Waals surface area contributed by atoms with Crippen LogP contribution < -0.4 is 0 Å². The molecule has 2 nitrogen and oxygen atoms in total. The van der Waals surface area contributed by atoms with Gasteiger partial charge in [-0.1, -0.05) is 15.9 Å². The normalized spacial score (nSPS) is 13.0. The highest BCUT2D eigenvalue weighted by Crippen LogP contribution is 2.26. The highest BCUT2D eigenvalue weighted by molar-refractivity contribution is 9.10. The third-order valence-corrected chi connectivity index (χ3v) is 2.15. The van der Waals surface area contributed by atoms with E-state index in [0.29, 0.717) is 5.56 Å². The first-order chi connectivity index (χ1) is 5.11. The Morgan fingerprint density at radius 2 is 2.09 bits per heavy atom. The number of phenolic OH excluding ortho intramolecular Hbond substituents is 1. The molecule has 0 aliphatic heterocycles. The quantitative estimate of drug-likeness (QED) is 0.756. The van der Waals surface area contributed by atoms with Crippen LogP contribution in [0.3, 0.4) is 0 Å². The van der Waals surface area contributed by atoms with Gasteiger partial charge in [0.2, 0.25) is 0 Å². The van der Waals surface area contributed by atoms with E-state index >= 15 is 0 Å². The van der Waals surface area contributed by atoms with Crippen LogP contribution in [0.15, 0.2) is 22.7 Å². The molecule has 0 aliphatic carbocycles. The zero-order valence-electron chi connectivity index (χ0n) is 6.08. The lowest BCUT2D eigenvalue weighted by molar-refractivity contribution is 0.198. The summed E-state index contributed by atoms with van der Waals surface area (Å²) in [6, 6.07) is 4.81. The molecule has 0 saturated carbocycles. The van der Waals surface area contributed by atoms with Gasteiger partial charge < -0.3 is 10.2 Å². The lowest BCUT2D eigenvalue weighted by Gasteiger charge is -2.06. The molecule has 0 bridgehead atoms. The first-order valence-electron chi connectivity index (χ1n) is 3.27. The first kappa shape index (κ1) is 8.56. The molecule has 11 heavy (non-hydrogen) atoms. The molecule has 0 radical (unpaired) electrons. The molecule has 0 amide bonds. The molecule has 0 aliphatic rings. The number of hydrogen-bond acceptors (Lipinski definition) is 2. The molecule has 0 fully saturated rings. The fourth-order valence-electron chi connectivity index (χ4n) is 0.851. The molecule has 0 spiro atoms. The van der Waals surface area contributed by atoms with Gasteiger partial charge in [-0.3, -0.25) is 0 Å². The van der Waals surface area contributed by atoms with Crippen LogP contribution >= 0.6 is 15.9 Å². The van der Waals surface area contributed by atoms with E-state index in [4.69, 9.17) is 5.11 Å². The molecule has 0 heterocycles. The highest BCUT2D eigenvalue weighted by Gasteiger charge is 2.05. The van der Waals surface area contributed by atoms with Crippen LogP contribution in [0.25, 0.3) is 0 Å². The van der Waals surface area contributed by atoms with E-state index < -0.39 is 6.10 Å².